The molecule has 2 heteroatoms. The summed E-state index contributed by atoms with van der Waals surface area (Å²) in [6, 6.07) is 2.08. The number of nitrogens with zero attached hydrogens (tertiary/aromatic N) is 2. The van der Waals surface area contributed by atoms with Crippen LogP contribution in [0.1, 0.15) is 27.2 Å². The Morgan fingerprint density at radius 2 is 1.90 bits per heavy atom. The molecule has 0 bridgehead atoms. The van der Waals surface area contributed by atoms with Crippen molar-refractivity contribution in [1.29, 1.82) is 5.26 Å². The van der Waals surface area contributed by atoms with Gasteiger partial charge >= 0.3 is 0 Å². The highest BCUT2D eigenvalue weighted by atomic mass is 15.1. The number of nitriles is 1. The van der Waals surface area contributed by atoms with Crippen LogP contribution in [-0.2, 0) is 0 Å². The quantitative estimate of drug-likeness (QED) is 0.562. The van der Waals surface area contributed by atoms with Gasteiger partial charge in [0.05, 0.1) is 12.6 Å². The van der Waals surface area contributed by atoms with E-state index in [1.165, 1.54) is 0 Å². The maximum atomic E-state index is 8.17. The molecule has 0 aromatic carbocycles. The fourth-order valence-electron chi connectivity index (χ4n) is 0.581. The van der Waals surface area contributed by atoms with Gasteiger partial charge in [0.15, 0.2) is 0 Å². The molecule has 0 rings (SSSR count). The van der Waals surface area contributed by atoms with Crippen LogP contribution in [0.5, 0.6) is 0 Å². The van der Waals surface area contributed by atoms with Gasteiger partial charge in [0, 0.05) is 0 Å². The van der Waals surface area contributed by atoms with Crippen LogP contribution in [-0.4, -0.2) is 25.0 Å². The fourth-order valence-corrected chi connectivity index (χ4v) is 0.581. The van der Waals surface area contributed by atoms with E-state index in [1.807, 2.05) is 25.8 Å². The molecule has 0 aromatic rings. The largest absolute Gasteiger partial charge is 0.294 e. The molecular formula is C8H18N2. The average Bonchev–Trinajstić information content (AvgIpc) is 1.93. The first-order valence-electron chi connectivity index (χ1n) is 3.86. The van der Waals surface area contributed by atoms with E-state index in [1.54, 1.807) is 0 Å². The van der Waals surface area contributed by atoms with E-state index in [2.05, 4.69) is 13.0 Å². The van der Waals surface area contributed by atoms with Crippen molar-refractivity contribution in [3.8, 4) is 6.07 Å². The molecule has 0 radical (unpaired) electrons. The second kappa shape index (κ2) is 11.3. The summed E-state index contributed by atoms with van der Waals surface area (Å²) in [6.07, 6.45) is 1.12. The maximum Gasteiger partial charge on any atom is 0.0863 e. The molecule has 2 nitrogen and oxygen atoms in total. The Bertz CT molecular complexity index is 83.7. The minimum Gasteiger partial charge on any atom is -0.294 e. The first-order chi connectivity index (χ1) is 4.81. The van der Waals surface area contributed by atoms with E-state index in [0.717, 1.165) is 13.0 Å². The summed E-state index contributed by atoms with van der Waals surface area (Å²) in [7, 11) is 1.95. The van der Waals surface area contributed by atoms with E-state index in [0.29, 0.717) is 6.54 Å². The molecule has 0 aliphatic rings. The van der Waals surface area contributed by atoms with Crippen molar-refractivity contribution in [3.63, 3.8) is 0 Å². The van der Waals surface area contributed by atoms with E-state index in [-0.39, 0.29) is 0 Å². The van der Waals surface area contributed by atoms with Gasteiger partial charge in [-0.2, -0.15) is 5.26 Å². The minimum absolute atomic E-state index is 0.549. The first-order valence-corrected chi connectivity index (χ1v) is 3.86. The summed E-state index contributed by atoms with van der Waals surface area (Å²) in [6.45, 7) is 7.68. The number of hydrogen-bond acceptors (Lipinski definition) is 2. The standard InChI is InChI=1S/C6H12N2.C2H6/c1-3-5-8(2)6-4-7;1-2/h3,5-6H2,1-2H3;1-2H3. The van der Waals surface area contributed by atoms with Gasteiger partial charge in [-0.25, -0.2) is 0 Å². The van der Waals surface area contributed by atoms with Crippen LogP contribution in [0.15, 0.2) is 0 Å². The van der Waals surface area contributed by atoms with Crippen LogP contribution >= 0.6 is 0 Å². The lowest BCUT2D eigenvalue weighted by Gasteiger charge is -2.08. The Labute approximate surface area is 64.5 Å². The van der Waals surface area contributed by atoms with Gasteiger partial charge in [0.2, 0.25) is 0 Å². The monoisotopic (exact) mass is 142 g/mol. The van der Waals surface area contributed by atoms with Gasteiger partial charge in [-0.15, -0.1) is 0 Å². The lowest BCUT2D eigenvalue weighted by Crippen LogP contribution is -2.18. The summed E-state index contributed by atoms with van der Waals surface area (Å²) >= 11 is 0. The predicted octanol–water partition coefficient (Wildman–Crippen LogP) is 1.88. The molecule has 0 N–H and O–H groups in total. The predicted molar refractivity (Wildman–Crippen MR) is 44.7 cm³/mol. The third-order valence-electron chi connectivity index (χ3n) is 0.946. The average molecular weight is 142 g/mol. The fraction of sp³-hybridized carbons (Fsp3) is 0.875. The molecule has 0 saturated heterocycles. The molecule has 0 atom stereocenters. The van der Waals surface area contributed by atoms with Gasteiger partial charge in [0.1, 0.15) is 0 Å². The van der Waals surface area contributed by atoms with Crippen LogP contribution in [0.2, 0.25) is 0 Å². The van der Waals surface area contributed by atoms with Crippen molar-refractivity contribution < 1.29 is 0 Å². The van der Waals surface area contributed by atoms with Crippen molar-refractivity contribution in [2.75, 3.05) is 20.1 Å². The summed E-state index contributed by atoms with van der Waals surface area (Å²) < 4.78 is 0. The first kappa shape index (κ1) is 12.2. The van der Waals surface area contributed by atoms with Crippen LogP contribution in [0.3, 0.4) is 0 Å². The molecule has 0 spiro atoms. The topological polar surface area (TPSA) is 27.0 Å². The van der Waals surface area contributed by atoms with Gasteiger partial charge in [-0.3, -0.25) is 4.90 Å². The highest BCUT2D eigenvalue weighted by molar-refractivity contribution is 4.73. The Hall–Kier alpha value is -0.550. The molecule has 0 fully saturated rings. The zero-order valence-electron chi connectivity index (χ0n) is 7.52. The van der Waals surface area contributed by atoms with E-state index in [9.17, 15) is 0 Å². The molecule has 0 saturated carbocycles. The summed E-state index contributed by atoms with van der Waals surface area (Å²) in [5, 5.41) is 8.17. The lowest BCUT2D eigenvalue weighted by atomic mass is 10.4. The Kier molecular flexibility index (Phi) is 13.7. The maximum absolute atomic E-state index is 8.17. The molecule has 0 aliphatic heterocycles. The molecule has 10 heavy (non-hydrogen) atoms. The molecule has 0 unspecified atom stereocenters. The zero-order chi connectivity index (χ0) is 8.41. The lowest BCUT2D eigenvalue weighted by molar-refractivity contribution is 0.375. The molecule has 0 aromatic heterocycles. The Balaban J connectivity index is 0. The van der Waals surface area contributed by atoms with E-state index in [4.69, 9.17) is 5.26 Å². The normalized spacial score (nSPS) is 8.00. The van der Waals surface area contributed by atoms with Gasteiger partial charge in [-0.1, -0.05) is 20.8 Å². The van der Waals surface area contributed by atoms with Crippen LogP contribution in [0.4, 0.5) is 0 Å². The van der Waals surface area contributed by atoms with Gasteiger partial charge in [-0.05, 0) is 20.0 Å². The number of rotatable bonds is 3. The van der Waals surface area contributed by atoms with Crippen molar-refractivity contribution in [1.82, 2.24) is 4.90 Å². The van der Waals surface area contributed by atoms with Crippen molar-refractivity contribution in [3.05, 3.63) is 0 Å². The van der Waals surface area contributed by atoms with Crippen molar-refractivity contribution >= 4 is 0 Å². The zero-order valence-corrected chi connectivity index (χ0v) is 7.52. The van der Waals surface area contributed by atoms with Crippen LogP contribution in [0, 0.1) is 11.3 Å². The SMILES string of the molecule is CC.CCCN(C)CC#N. The van der Waals surface area contributed by atoms with E-state index >= 15 is 0 Å². The highest BCUT2D eigenvalue weighted by Crippen LogP contribution is 1.82. The summed E-state index contributed by atoms with van der Waals surface area (Å²) in [5.74, 6) is 0. The Morgan fingerprint density at radius 3 is 2.20 bits per heavy atom. The smallest absolute Gasteiger partial charge is 0.0863 e. The summed E-state index contributed by atoms with van der Waals surface area (Å²) in [5.41, 5.74) is 0. The Morgan fingerprint density at radius 1 is 1.40 bits per heavy atom. The third-order valence-corrected chi connectivity index (χ3v) is 0.946. The third kappa shape index (κ3) is 10.4. The summed E-state index contributed by atoms with van der Waals surface area (Å²) in [4.78, 5) is 2.00. The van der Waals surface area contributed by atoms with Crippen molar-refractivity contribution in [2.45, 2.75) is 27.2 Å². The van der Waals surface area contributed by atoms with Crippen LogP contribution < -0.4 is 0 Å². The highest BCUT2D eigenvalue weighted by Gasteiger charge is 1.90. The van der Waals surface area contributed by atoms with E-state index < -0.39 is 0 Å². The molecule has 0 aliphatic carbocycles. The minimum atomic E-state index is 0.549. The second-order valence-electron chi connectivity index (χ2n) is 1.90. The van der Waals surface area contributed by atoms with Crippen LogP contribution in [0.25, 0.3) is 0 Å². The second-order valence-corrected chi connectivity index (χ2v) is 1.90. The molecular weight excluding hydrogens is 124 g/mol. The van der Waals surface area contributed by atoms with Crippen molar-refractivity contribution in [2.24, 2.45) is 0 Å². The molecule has 0 heterocycles. The molecule has 0 amide bonds. The van der Waals surface area contributed by atoms with Gasteiger partial charge < -0.3 is 0 Å². The molecule has 60 valence electrons. The van der Waals surface area contributed by atoms with Gasteiger partial charge in [0.25, 0.3) is 0 Å². The number of hydrogen-bond donors (Lipinski definition) is 0.